The lowest BCUT2D eigenvalue weighted by Gasteiger charge is -2.39. The van der Waals surface area contributed by atoms with Crippen LogP contribution in [0.15, 0.2) is 24.3 Å². The lowest BCUT2D eigenvalue weighted by atomic mass is 9.76. The zero-order valence-corrected chi connectivity index (χ0v) is 17.5. The first-order chi connectivity index (χ1) is 13.0. The average Bonchev–Trinajstić information content (AvgIpc) is 2.65. The highest BCUT2D eigenvalue weighted by molar-refractivity contribution is 5.87. The van der Waals surface area contributed by atoms with Crippen LogP contribution in [0.5, 0.6) is 0 Å². The molecule has 2 amide bonds. The number of hydrogen-bond acceptors (Lipinski definition) is 3. The fraction of sp³-hybridized carbons (Fsp3) is 0.600. The molecule has 0 bridgehead atoms. The summed E-state index contributed by atoms with van der Waals surface area (Å²) in [4.78, 5) is 24.4. The van der Waals surface area contributed by atoms with Gasteiger partial charge in [0.25, 0.3) is 0 Å². The van der Waals surface area contributed by atoms with Gasteiger partial charge in [0.2, 0.25) is 11.8 Å². The van der Waals surface area contributed by atoms with Crippen LogP contribution in [-0.2, 0) is 21.3 Å². The molecule has 29 heavy (non-hydrogen) atoms. The Morgan fingerprint density at radius 1 is 1.17 bits per heavy atom. The van der Waals surface area contributed by atoms with Gasteiger partial charge in [-0.25, -0.2) is 0 Å². The molecule has 0 aliphatic heterocycles. The molecule has 0 heterocycles. The van der Waals surface area contributed by atoms with Crippen molar-refractivity contribution in [2.24, 2.45) is 11.7 Å². The van der Waals surface area contributed by atoms with Crippen molar-refractivity contribution in [1.82, 2.24) is 10.6 Å². The molecule has 0 spiro atoms. The predicted molar refractivity (Wildman–Crippen MR) is 107 cm³/mol. The van der Waals surface area contributed by atoms with Gasteiger partial charge in [0.1, 0.15) is 0 Å². The Morgan fingerprint density at radius 3 is 2.34 bits per heavy atom. The number of carbonyl (C=O) groups excluding carboxylic acids is 2. The van der Waals surface area contributed by atoms with E-state index in [-0.39, 0.29) is 24.9 Å². The fourth-order valence-electron chi connectivity index (χ4n) is 3.53. The molecule has 9 heteroatoms. The van der Waals surface area contributed by atoms with Gasteiger partial charge in [-0.15, -0.1) is 12.4 Å². The summed E-state index contributed by atoms with van der Waals surface area (Å²) in [6.07, 6.45) is -0.755. The fourth-order valence-corrected chi connectivity index (χ4v) is 3.53. The summed E-state index contributed by atoms with van der Waals surface area (Å²) in [5, 5.41) is 5.39. The van der Waals surface area contributed by atoms with Crippen molar-refractivity contribution in [2.45, 2.75) is 63.7 Å². The van der Waals surface area contributed by atoms with Gasteiger partial charge in [-0.1, -0.05) is 45.2 Å². The van der Waals surface area contributed by atoms with E-state index in [1.54, 1.807) is 19.9 Å². The van der Waals surface area contributed by atoms with Gasteiger partial charge in [0, 0.05) is 0 Å². The van der Waals surface area contributed by atoms with Crippen LogP contribution in [-0.4, -0.2) is 24.4 Å². The topological polar surface area (TPSA) is 84.2 Å². The van der Waals surface area contributed by atoms with Crippen molar-refractivity contribution in [3.63, 3.8) is 0 Å². The van der Waals surface area contributed by atoms with Crippen LogP contribution in [0, 0.1) is 5.92 Å². The van der Waals surface area contributed by atoms with Gasteiger partial charge in [0.15, 0.2) is 0 Å². The van der Waals surface area contributed by atoms with Gasteiger partial charge in [0.05, 0.1) is 23.7 Å². The minimum Gasteiger partial charge on any atom is -0.346 e. The first-order valence-corrected chi connectivity index (χ1v) is 9.57. The Kier molecular flexibility index (Phi) is 8.96. The molecular formula is C20H29ClF3N3O2. The Labute approximate surface area is 175 Å². The molecule has 1 aromatic rings. The number of nitrogens with one attached hydrogen (secondary N) is 2. The van der Waals surface area contributed by atoms with E-state index in [0.717, 1.165) is 31.4 Å². The molecule has 1 fully saturated rings. The number of nitrogens with two attached hydrogens (primary N) is 1. The maximum absolute atomic E-state index is 13.1. The second kappa shape index (κ2) is 10.3. The van der Waals surface area contributed by atoms with E-state index < -0.39 is 35.1 Å². The number of rotatable bonds is 6. The quantitative estimate of drug-likeness (QED) is 0.639. The zero-order chi connectivity index (χ0) is 20.9. The van der Waals surface area contributed by atoms with Gasteiger partial charge < -0.3 is 16.4 Å². The summed E-state index contributed by atoms with van der Waals surface area (Å²) in [5.74, 6) is -0.941. The third kappa shape index (κ3) is 6.60. The predicted octanol–water partition coefficient (Wildman–Crippen LogP) is 3.50. The van der Waals surface area contributed by atoms with E-state index in [2.05, 4.69) is 10.6 Å². The van der Waals surface area contributed by atoms with Crippen molar-refractivity contribution < 1.29 is 22.8 Å². The monoisotopic (exact) mass is 435 g/mol. The second-order valence-corrected chi connectivity index (χ2v) is 7.76. The number of amides is 2. The normalized spacial score (nSPS) is 17.2. The van der Waals surface area contributed by atoms with Crippen molar-refractivity contribution in [3.8, 4) is 0 Å². The minimum atomic E-state index is -4.45. The van der Waals surface area contributed by atoms with Crippen molar-refractivity contribution in [2.75, 3.05) is 6.54 Å². The zero-order valence-electron chi connectivity index (χ0n) is 16.6. The van der Waals surface area contributed by atoms with Crippen molar-refractivity contribution in [3.05, 3.63) is 35.4 Å². The molecule has 0 radical (unpaired) electrons. The minimum absolute atomic E-state index is 0. The molecule has 4 N–H and O–H groups in total. The van der Waals surface area contributed by atoms with Crippen LogP contribution >= 0.6 is 12.4 Å². The molecule has 164 valence electrons. The summed E-state index contributed by atoms with van der Waals surface area (Å²) in [7, 11) is 0. The summed E-state index contributed by atoms with van der Waals surface area (Å²) in [6, 6.07) is 4.40. The SMILES string of the molecule is CC(C)[C@H](N)C(=O)NCC(=O)NC1(c2cccc(C(F)(F)F)c2)CCCCC1.Cl. The van der Waals surface area contributed by atoms with E-state index >= 15 is 0 Å². The lowest BCUT2D eigenvalue weighted by molar-refractivity contribution is -0.137. The molecular weight excluding hydrogens is 407 g/mol. The number of halogens is 4. The highest BCUT2D eigenvalue weighted by Crippen LogP contribution is 2.39. The lowest BCUT2D eigenvalue weighted by Crippen LogP contribution is -2.52. The standard InChI is InChI=1S/C20H28F3N3O2.ClH/c1-13(2)17(24)18(28)25-12-16(27)26-19(9-4-3-5-10-19)14-7-6-8-15(11-14)20(21,22)23;/h6-8,11,13,17H,3-5,9-10,12,24H2,1-2H3,(H,25,28)(H,26,27);1H/t17-;/m0./s1. The number of alkyl halides is 3. The van der Waals surface area contributed by atoms with Crippen LogP contribution in [0.25, 0.3) is 0 Å². The van der Waals surface area contributed by atoms with E-state index in [9.17, 15) is 22.8 Å². The largest absolute Gasteiger partial charge is 0.416 e. The molecule has 1 aromatic carbocycles. The third-order valence-electron chi connectivity index (χ3n) is 5.27. The molecule has 1 saturated carbocycles. The Balaban J connectivity index is 0.00000420. The van der Waals surface area contributed by atoms with E-state index in [4.69, 9.17) is 5.73 Å². The summed E-state index contributed by atoms with van der Waals surface area (Å²) < 4.78 is 39.4. The third-order valence-corrected chi connectivity index (χ3v) is 5.27. The second-order valence-electron chi connectivity index (χ2n) is 7.76. The van der Waals surface area contributed by atoms with Crippen LogP contribution in [0.4, 0.5) is 13.2 Å². The molecule has 0 saturated heterocycles. The van der Waals surface area contributed by atoms with Crippen molar-refractivity contribution in [1.29, 1.82) is 0 Å². The molecule has 0 aromatic heterocycles. The summed E-state index contributed by atoms with van der Waals surface area (Å²) in [5.41, 5.74) is 4.60. The highest BCUT2D eigenvalue weighted by Gasteiger charge is 2.38. The molecule has 1 aliphatic carbocycles. The highest BCUT2D eigenvalue weighted by atomic mass is 35.5. The smallest absolute Gasteiger partial charge is 0.346 e. The Hall–Kier alpha value is -1.80. The molecule has 1 aliphatic rings. The first kappa shape index (κ1) is 25.2. The van der Waals surface area contributed by atoms with Crippen LogP contribution in [0.1, 0.15) is 57.1 Å². The molecule has 1 atom stereocenters. The molecule has 2 rings (SSSR count). The first-order valence-electron chi connectivity index (χ1n) is 9.57. The average molecular weight is 436 g/mol. The van der Waals surface area contributed by atoms with Crippen molar-refractivity contribution >= 4 is 24.2 Å². The maximum atomic E-state index is 13.1. The van der Waals surface area contributed by atoms with E-state index in [1.807, 2.05) is 0 Å². The van der Waals surface area contributed by atoms with Crippen LogP contribution in [0.2, 0.25) is 0 Å². The number of benzene rings is 1. The summed E-state index contributed by atoms with van der Waals surface area (Å²) in [6.45, 7) is 3.34. The van der Waals surface area contributed by atoms with Crippen LogP contribution < -0.4 is 16.4 Å². The molecule has 5 nitrogen and oxygen atoms in total. The van der Waals surface area contributed by atoms with Gasteiger partial charge in [-0.3, -0.25) is 9.59 Å². The van der Waals surface area contributed by atoms with Gasteiger partial charge in [-0.05, 0) is 36.5 Å². The van der Waals surface area contributed by atoms with Gasteiger partial charge in [-0.2, -0.15) is 13.2 Å². The maximum Gasteiger partial charge on any atom is 0.416 e. The van der Waals surface area contributed by atoms with Gasteiger partial charge >= 0.3 is 6.18 Å². The number of hydrogen-bond donors (Lipinski definition) is 3. The van der Waals surface area contributed by atoms with E-state index in [0.29, 0.717) is 18.4 Å². The van der Waals surface area contributed by atoms with Crippen LogP contribution in [0.3, 0.4) is 0 Å². The molecule has 0 unspecified atom stereocenters. The number of carbonyl (C=O) groups is 2. The Morgan fingerprint density at radius 2 is 1.79 bits per heavy atom. The van der Waals surface area contributed by atoms with E-state index in [1.165, 1.54) is 6.07 Å². The summed E-state index contributed by atoms with van der Waals surface area (Å²) >= 11 is 0. The Bertz CT molecular complexity index is 704.